The molecule has 3 atom stereocenters. The first kappa shape index (κ1) is 15.0. The average Bonchev–Trinajstić information content (AvgIpc) is 2.40. The standard InChI is InChI=1S/C16H23BrFN/c1-3-19-10-12-8-7-11(2)9-14(12)13-5-4-6-15(17)16(13)18/h4-6,11-12,14,19H,3,7-10H2,1-2H3. The molecule has 0 saturated heterocycles. The van der Waals surface area contributed by atoms with Crippen LogP contribution in [0.3, 0.4) is 0 Å². The maximum atomic E-state index is 14.3. The van der Waals surface area contributed by atoms with E-state index in [4.69, 9.17) is 0 Å². The topological polar surface area (TPSA) is 12.0 Å². The molecule has 3 unspecified atom stereocenters. The van der Waals surface area contributed by atoms with E-state index in [0.29, 0.717) is 22.2 Å². The minimum atomic E-state index is -0.0666. The SMILES string of the molecule is CCNCC1CCC(C)CC1c1cccc(Br)c1F. The lowest BCUT2D eigenvalue weighted by Gasteiger charge is -2.35. The second-order valence-corrected chi connectivity index (χ2v) is 6.59. The van der Waals surface area contributed by atoms with Crippen LogP contribution < -0.4 is 5.32 Å². The van der Waals surface area contributed by atoms with Crippen molar-refractivity contribution in [2.45, 2.75) is 39.0 Å². The molecule has 2 rings (SSSR count). The highest BCUT2D eigenvalue weighted by Gasteiger charge is 2.31. The lowest BCUT2D eigenvalue weighted by molar-refractivity contribution is 0.238. The third-order valence-electron chi connectivity index (χ3n) is 4.29. The van der Waals surface area contributed by atoms with Gasteiger partial charge >= 0.3 is 0 Å². The van der Waals surface area contributed by atoms with Gasteiger partial charge in [0.15, 0.2) is 0 Å². The summed E-state index contributed by atoms with van der Waals surface area (Å²) in [5, 5.41) is 3.43. The van der Waals surface area contributed by atoms with Crippen molar-refractivity contribution in [1.29, 1.82) is 0 Å². The van der Waals surface area contributed by atoms with Crippen LogP contribution in [-0.4, -0.2) is 13.1 Å². The van der Waals surface area contributed by atoms with Crippen molar-refractivity contribution in [2.24, 2.45) is 11.8 Å². The van der Waals surface area contributed by atoms with Gasteiger partial charge in [-0.25, -0.2) is 4.39 Å². The summed E-state index contributed by atoms with van der Waals surface area (Å²) in [7, 11) is 0. The van der Waals surface area contributed by atoms with Crippen LogP contribution in [0.25, 0.3) is 0 Å². The Hall–Kier alpha value is -0.410. The van der Waals surface area contributed by atoms with Crippen LogP contribution in [-0.2, 0) is 0 Å². The van der Waals surface area contributed by atoms with Gasteiger partial charge in [-0.05, 0) is 71.2 Å². The van der Waals surface area contributed by atoms with Gasteiger partial charge in [0.05, 0.1) is 4.47 Å². The van der Waals surface area contributed by atoms with E-state index in [1.165, 1.54) is 12.8 Å². The maximum Gasteiger partial charge on any atom is 0.140 e. The zero-order valence-electron chi connectivity index (χ0n) is 11.8. The zero-order chi connectivity index (χ0) is 13.8. The van der Waals surface area contributed by atoms with Gasteiger partial charge in [-0.15, -0.1) is 0 Å². The monoisotopic (exact) mass is 327 g/mol. The molecule has 1 aromatic carbocycles. The fourth-order valence-corrected chi connectivity index (χ4v) is 3.59. The number of rotatable bonds is 4. The van der Waals surface area contributed by atoms with E-state index in [0.717, 1.165) is 25.1 Å². The Morgan fingerprint density at radius 1 is 1.37 bits per heavy atom. The van der Waals surface area contributed by atoms with E-state index in [-0.39, 0.29) is 5.82 Å². The van der Waals surface area contributed by atoms with Crippen molar-refractivity contribution in [1.82, 2.24) is 5.32 Å². The van der Waals surface area contributed by atoms with Gasteiger partial charge in [-0.3, -0.25) is 0 Å². The number of halogens is 2. The molecule has 1 fully saturated rings. The largest absolute Gasteiger partial charge is 0.317 e. The molecule has 0 aromatic heterocycles. The summed E-state index contributed by atoms with van der Waals surface area (Å²) in [4.78, 5) is 0. The van der Waals surface area contributed by atoms with E-state index in [2.05, 4.69) is 35.1 Å². The van der Waals surface area contributed by atoms with E-state index in [1.807, 2.05) is 12.1 Å². The van der Waals surface area contributed by atoms with Crippen LogP contribution in [0.1, 0.15) is 44.6 Å². The molecule has 1 aromatic rings. The Labute approximate surface area is 124 Å². The first-order valence-electron chi connectivity index (χ1n) is 7.28. The molecule has 106 valence electrons. The molecule has 0 amide bonds. The van der Waals surface area contributed by atoms with Crippen molar-refractivity contribution in [3.63, 3.8) is 0 Å². The van der Waals surface area contributed by atoms with Gasteiger partial charge in [-0.2, -0.15) is 0 Å². The predicted molar refractivity (Wildman–Crippen MR) is 81.9 cm³/mol. The summed E-state index contributed by atoms with van der Waals surface area (Å²) in [5.41, 5.74) is 0.892. The Morgan fingerprint density at radius 2 is 2.16 bits per heavy atom. The summed E-state index contributed by atoms with van der Waals surface area (Å²) >= 11 is 3.31. The third-order valence-corrected chi connectivity index (χ3v) is 4.91. The summed E-state index contributed by atoms with van der Waals surface area (Å²) in [5.74, 6) is 1.53. The lowest BCUT2D eigenvalue weighted by atomic mass is 9.71. The van der Waals surface area contributed by atoms with Crippen LogP contribution >= 0.6 is 15.9 Å². The van der Waals surface area contributed by atoms with Crippen molar-refractivity contribution in [2.75, 3.05) is 13.1 Å². The number of hydrogen-bond donors (Lipinski definition) is 1. The fraction of sp³-hybridized carbons (Fsp3) is 0.625. The van der Waals surface area contributed by atoms with Gasteiger partial charge in [0, 0.05) is 0 Å². The van der Waals surface area contributed by atoms with Crippen LogP contribution in [0, 0.1) is 17.7 Å². The molecule has 1 N–H and O–H groups in total. The summed E-state index contributed by atoms with van der Waals surface area (Å²) in [6, 6.07) is 5.69. The predicted octanol–water partition coefficient (Wildman–Crippen LogP) is 4.72. The van der Waals surface area contributed by atoms with Gasteiger partial charge in [0.25, 0.3) is 0 Å². The van der Waals surface area contributed by atoms with Crippen molar-refractivity contribution >= 4 is 15.9 Å². The molecule has 3 heteroatoms. The van der Waals surface area contributed by atoms with E-state index < -0.39 is 0 Å². The Morgan fingerprint density at radius 3 is 2.89 bits per heavy atom. The molecule has 0 heterocycles. The molecule has 1 aliphatic rings. The van der Waals surface area contributed by atoms with Gasteiger partial charge in [0.2, 0.25) is 0 Å². The Balaban J connectivity index is 2.23. The summed E-state index contributed by atoms with van der Waals surface area (Å²) in [6.45, 7) is 6.39. The first-order chi connectivity index (χ1) is 9.13. The molecule has 1 nitrogen and oxygen atoms in total. The third kappa shape index (κ3) is 3.57. The highest BCUT2D eigenvalue weighted by Crippen LogP contribution is 2.42. The maximum absolute atomic E-state index is 14.3. The van der Waals surface area contributed by atoms with E-state index >= 15 is 0 Å². The minimum absolute atomic E-state index is 0.0666. The Kier molecular flexibility index (Phi) is 5.40. The van der Waals surface area contributed by atoms with Gasteiger partial charge in [-0.1, -0.05) is 32.4 Å². The number of hydrogen-bond acceptors (Lipinski definition) is 1. The molecule has 19 heavy (non-hydrogen) atoms. The second kappa shape index (κ2) is 6.85. The van der Waals surface area contributed by atoms with Crippen LogP contribution in [0.4, 0.5) is 4.39 Å². The van der Waals surface area contributed by atoms with E-state index in [1.54, 1.807) is 6.07 Å². The van der Waals surface area contributed by atoms with Gasteiger partial charge in [0.1, 0.15) is 5.82 Å². The average molecular weight is 328 g/mol. The zero-order valence-corrected chi connectivity index (χ0v) is 13.3. The van der Waals surface area contributed by atoms with Gasteiger partial charge < -0.3 is 5.32 Å². The first-order valence-corrected chi connectivity index (χ1v) is 8.07. The quantitative estimate of drug-likeness (QED) is 0.843. The molecule has 0 spiro atoms. The summed E-state index contributed by atoms with van der Waals surface area (Å²) < 4.78 is 14.9. The Bertz CT molecular complexity index is 419. The summed E-state index contributed by atoms with van der Waals surface area (Å²) in [6.07, 6.45) is 3.57. The molecule has 1 saturated carbocycles. The normalized spacial score (nSPS) is 27.5. The number of benzene rings is 1. The number of nitrogens with one attached hydrogen (secondary N) is 1. The minimum Gasteiger partial charge on any atom is -0.317 e. The van der Waals surface area contributed by atoms with Crippen LogP contribution in [0.5, 0.6) is 0 Å². The van der Waals surface area contributed by atoms with Crippen LogP contribution in [0.2, 0.25) is 0 Å². The second-order valence-electron chi connectivity index (χ2n) is 5.74. The lowest BCUT2D eigenvalue weighted by Crippen LogP contribution is -2.32. The molecule has 0 bridgehead atoms. The van der Waals surface area contributed by atoms with Crippen LogP contribution in [0.15, 0.2) is 22.7 Å². The van der Waals surface area contributed by atoms with Crippen molar-refractivity contribution in [3.05, 3.63) is 34.1 Å². The fourth-order valence-electron chi connectivity index (χ4n) is 3.21. The highest BCUT2D eigenvalue weighted by molar-refractivity contribution is 9.10. The smallest absolute Gasteiger partial charge is 0.140 e. The molecule has 0 aliphatic heterocycles. The highest BCUT2D eigenvalue weighted by atomic mass is 79.9. The van der Waals surface area contributed by atoms with Crippen molar-refractivity contribution < 1.29 is 4.39 Å². The van der Waals surface area contributed by atoms with Crippen molar-refractivity contribution in [3.8, 4) is 0 Å². The molecular weight excluding hydrogens is 305 g/mol. The van der Waals surface area contributed by atoms with E-state index in [9.17, 15) is 4.39 Å². The molecular formula is C16H23BrFN. The molecule has 0 radical (unpaired) electrons. The molecule has 1 aliphatic carbocycles.